The number of aliphatic carboxylic acids is 1. The first kappa shape index (κ1) is 18.7. The summed E-state index contributed by atoms with van der Waals surface area (Å²) < 4.78 is 0. The number of carboxylic acid groups (broad SMARTS) is 1. The summed E-state index contributed by atoms with van der Waals surface area (Å²) in [6.45, 7) is 7.00. The smallest absolute Gasteiger partial charge is 0.335 e. The quantitative estimate of drug-likeness (QED) is 0.794. The lowest BCUT2D eigenvalue weighted by molar-refractivity contribution is -0.166. The Morgan fingerprint density at radius 1 is 1.12 bits per heavy atom. The molecule has 2 fully saturated rings. The molecule has 1 unspecified atom stereocenters. The van der Waals surface area contributed by atoms with Gasteiger partial charge in [-0.15, -0.1) is 0 Å². The van der Waals surface area contributed by atoms with Gasteiger partial charge < -0.3 is 20.0 Å². The van der Waals surface area contributed by atoms with Gasteiger partial charge >= 0.3 is 5.97 Å². The number of nitrogens with zero attached hydrogens (tertiary/aromatic N) is 2. The van der Waals surface area contributed by atoms with E-state index in [1.807, 2.05) is 20.8 Å². The van der Waals surface area contributed by atoms with Gasteiger partial charge in [0.05, 0.1) is 0 Å². The van der Waals surface area contributed by atoms with Crippen LogP contribution in [0.5, 0.6) is 0 Å². The molecule has 7 nitrogen and oxygen atoms in total. The number of amides is 2. The Balaban J connectivity index is 1.99. The first-order chi connectivity index (χ1) is 11.0. The fourth-order valence-electron chi connectivity index (χ4n) is 3.40. The van der Waals surface area contributed by atoms with Crippen molar-refractivity contribution in [3.8, 4) is 0 Å². The standard InChI is InChI=1S/C17H28N2O5/c1-16(2,3)11-13(20)19-8-4-5-12(19)14(21)18-9-6-17(24,7-10-18)15(22)23/h12,24H,4-11H2,1-3H3,(H,22,23). The van der Waals surface area contributed by atoms with Gasteiger partial charge in [0.1, 0.15) is 6.04 Å². The minimum absolute atomic E-state index is 0.00241. The number of aliphatic hydroxyl groups is 1. The molecule has 0 aromatic carbocycles. The molecule has 0 saturated carbocycles. The van der Waals surface area contributed by atoms with Gasteiger partial charge in [0.25, 0.3) is 0 Å². The molecular formula is C17H28N2O5. The highest BCUT2D eigenvalue weighted by molar-refractivity contribution is 5.89. The lowest BCUT2D eigenvalue weighted by Gasteiger charge is -2.38. The molecule has 0 aromatic heterocycles. The number of rotatable bonds is 3. The van der Waals surface area contributed by atoms with Gasteiger partial charge in [-0.25, -0.2) is 4.79 Å². The van der Waals surface area contributed by atoms with Crippen LogP contribution in [-0.4, -0.2) is 69.1 Å². The Kier molecular flexibility index (Phi) is 5.22. The van der Waals surface area contributed by atoms with E-state index in [0.717, 1.165) is 6.42 Å². The topological polar surface area (TPSA) is 98.2 Å². The molecular weight excluding hydrogens is 312 g/mol. The maximum atomic E-state index is 12.8. The number of likely N-dealkylation sites (tertiary alicyclic amines) is 2. The fourth-order valence-corrected chi connectivity index (χ4v) is 3.40. The van der Waals surface area contributed by atoms with Crippen LogP contribution in [0.4, 0.5) is 0 Å². The molecule has 7 heteroatoms. The van der Waals surface area contributed by atoms with E-state index in [4.69, 9.17) is 5.11 Å². The van der Waals surface area contributed by atoms with Crippen LogP contribution < -0.4 is 0 Å². The summed E-state index contributed by atoms with van der Waals surface area (Å²) >= 11 is 0. The third kappa shape index (κ3) is 4.06. The Bertz CT molecular complexity index is 518. The largest absolute Gasteiger partial charge is 0.479 e. The van der Waals surface area contributed by atoms with E-state index in [-0.39, 0.29) is 43.2 Å². The van der Waals surface area contributed by atoms with E-state index >= 15 is 0 Å². The molecule has 1 atom stereocenters. The second-order valence-electron chi connectivity index (χ2n) is 8.14. The summed E-state index contributed by atoms with van der Waals surface area (Å²) in [4.78, 5) is 39.6. The van der Waals surface area contributed by atoms with Crippen molar-refractivity contribution < 1.29 is 24.6 Å². The Morgan fingerprint density at radius 3 is 2.21 bits per heavy atom. The molecule has 24 heavy (non-hydrogen) atoms. The average Bonchev–Trinajstić information content (AvgIpc) is 2.95. The van der Waals surface area contributed by atoms with Gasteiger partial charge in [0, 0.05) is 38.9 Å². The Hall–Kier alpha value is -1.63. The normalized spacial score (nSPS) is 24.1. The number of carboxylic acids is 1. The second-order valence-corrected chi connectivity index (χ2v) is 8.14. The molecule has 0 aliphatic carbocycles. The van der Waals surface area contributed by atoms with Crippen molar-refractivity contribution in [2.75, 3.05) is 19.6 Å². The van der Waals surface area contributed by atoms with Crippen molar-refractivity contribution in [2.45, 2.75) is 64.5 Å². The van der Waals surface area contributed by atoms with Crippen LogP contribution in [-0.2, 0) is 14.4 Å². The zero-order valence-corrected chi connectivity index (χ0v) is 14.7. The maximum Gasteiger partial charge on any atom is 0.335 e. The van der Waals surface area contributed by atoms with Crippen LogP contribution in [0, 0.1) is 5.41 Å². The molecule has 2 aliphatic heterocycles. The Labute approximate surface area is 142 Å². The first-order valence-corrected chi connectivity index (χ1v) is 8.57. The minimum Gasteiger partial charge on any atom is -0.479 e. The lowest BCUT2D eigenvalue weighted by atomic mass is 9.90. The summed E-state index contributed by atoms with van der Waals surface area (Å²) in [5, 5.41) is 19.0. The molecule has 2 amide bonds. The lowest BCUT2D eigenvalue weighted by Crippen LogP contribution is -2.55. The van der Waals surface area contributed by atoms with Crippen molar-refractivity contribution >= 4 is 17.8 Å². The highest BCUT2D eigenvalue weighted by atomic mass is 16.4. The van der Waals surface area contributed by atoms with Gasteiger partial charge in [0.2, 0.25) is 11.8 Å². The van der Waals surface area contributed by atoms with Crippen LogP contribution in [0.15, 0.2) is 0 Å². The van der Waals surface area contributed by atoms with Gasteiger partial charge in [-0.05, 0) is 18.3 Å². The number of piperidine rings is 1. The first-order valence-electron chi connectivity index (χ1n) is 8.57. The van der Waals surface area contributed by atoms with Crippen LogP contribution in [0.1, 0.15) is 52.9 Å². The van der Waals surface area contributed by atoms with Crippen molar-refractivity contribution in [2.24, 2.45) is 5.41 Å². The number of hydrogen-bond donors (Lipinski definition) is 2. The zero-order chi connectivity index (χ0) is 18.1. The summed E-state index contributed by atoms with van der Waals surface area (Å²) in [6.07, 6.45) is 1.90. The highest BCUT2D eigenvalue weighted by Gasteiger charge is 2.43. The number of carbonyl (C=O) groups is 3. The van der Waals surface area contributed by atoms with Crippen LogP contribution in [0.25, 0.3) is 0 Å². The maximum absolute atomic E-state index is 12.8. The van der Waals surface area contributed by atoms with E-state index in [1.165, 1.54) is 0 Å². The monoisotopic (exact) mass is 340 g/mol. The molecule has 0 aromatic rings. The van der Waals surface area contributed by atoms with Crippen LogP contribution in [0.3, 0.4) is 0 Å². The van der Waals surface area contributed by atoms with E-state index < -0.39 is 17.6 Å². The molecule has 2 rings (SSSR count). The molecule has 0 bridgehead atoms. The summed E-state index contributed by atoms with van der Waals surface area (Å²) in [6, 6.07) is -0.448. The zero-order valence-electron chi connectivity index (χ0n) is 14.7. The van der Waals surface area contributed by atoms with Gasteiger partial charge in [0.15, 0.2) is 5.60 Å². The minimum atomic E-state index is -1.74. The van der Waals surface area contributed by atoms with E-state index in [1.54, 1.807) is 9.80 Å². The molecule has 2 saturated heterocycles. The summed E-state index contributed by atoms with van der Waals surface area (Å²) in [5.41, 5.74) is -1.87. The van der Waals surface area contributed by atoms with E-state index in [0.29, 0.717) is 19.4 Å². The van der Waals surface area contributed by atoms with Crippen molar-refractivity contribution in [3.63, 3.8) is 0 Å². The van der Waals surface area contributed by atoms with Crippen LogP contribution >= 0.6 is 0 Å². The average molecular weight is 340 g/mol. The molecule has 0 radical (unpaired) electrons. The van der Waals surface area contributed by atoms with Crippen LogP contribution in [0.2, 0.25) is 0 Å². The third-order valence-electron chi connectivity index (χ3n) is 4.84. The van der Waals surface area contributed by atoms with Gasteiger partial charge in [-0.2, -0.15) is 0 Å². The van der Waals surface area contributed by atoms with Gasteiger partial charge in [-0.3, -0.25) is 9.59 Å². The Morgan fingerprint density at radius 2 is 1.71 bits per heavy atom. The number of hydrogen-bond acceptors (Lipinski definition) is 4. The van der Waals surface area contributed by atoms with E-state index in [9.17, 15) is 19.5 Å². The number of carbonyl (C=O) groups excluding carboxylic acids is 2. The van der Waals surface area contributed by atoms with Crippen molar-refractivity contribution in [1.82, 2.24) is 9.80 Å². The summed E-state index contributed by atoms with van der Waals surface area (Å²) in [5.74, 6) is -1.36. The molecule has 2 heterocycles. The second kappa shape index (κ2) is 6.70. The summed E-state index contributed by atoms with van der Waals surface area (Å²) in [7, 11) is 0. The van der Waals surface area contributed by atoms with Gasteiger partial charge in [-0.1, -0.05) is 20.8 Å². The predicted octanol–water partition coefficient (Wildman–Crippen LogP) is 0.852. The fraction of sp³-hybridized carbons (Fsp3) is 0.824. The molecule has 0 spiro atoms. The van der Waals surface area contributed by atoms with Crippen molar-refractivity contribution in [3.05, 3.63) is 0 Å². The predicted molar refractivity (Wildman–Crippen MR) is 87.2 cm³/mol. The SMILES string of the molecule is CC(C)(C)CC(=O)N1CCCC1C(=O)N1CCC(O)(C(=O)O)CC1. The third-order valence-corrected chi connectivity index (χ3v) is 4.84. The van der Waals surface area contributed by atoms with Crippen molar-refractivity contribution in [1.29, 1.82) is 0 Å². The molecule has 2 aliphatic rings. The molecule has 2 N–H and O–H groups in total. The van der Waals surface area contributed by atoms with E-state index in [2.05, 4.69) is 0 Å². The molecule has 136 valence electrons. The highest BCUT2D eigenvalue weighted by Crippen LogP contribution is 2.28.